The van der Waals surface area contributed by atoms with Crippen LogP contribution >= 0.6 is 0 Å². The maximum atomic E-state index is 12.5. The van der Waals surface area contributed by atoms with Crippen molar-refractivity contribution in [2.75, 3.05) is 5.32 Å². The number of carbonyl (C=O) groups is 1. The SMILES string of the molecule is Cc1cc2c(cc1C)NC(c1cccc(C#C[Si](C)(C)C)c1)CC(=O)C2. The molecule has 0 aromatic heterocycles. The Morgan fingerprint density at radius 3 is 2.54 bits per heavy atom. The number of rotatable bonds is 1. The molecule has 26 heavy (non-hydrogen) atoms. The van der Waals surface area contributed by atoms with Gasteiger partial charge >= 0.3 is 0 Å². The molecular formula is C23H27NOSi. The van der Waals surface area contributed by atoms with Crippen molar-refractivity contribution in [3.8, 4) is 11.5 Å². The van der Waals surface area contributed by atoms with E-state index in [1.807, 2.05) is 6.07 Å². The summed E-state index contributed by atoms with van der Waals surface area (Å²) in [6.45, 7) is 11.0. The molecule has 134 valence electrons. The molecule has 0 fully saturated rings. The zero-order valence-electron chi connectivity index (χ0n) is 16.4. The summed E-state index contributed by atoms with van der Waals surface area (Å²) >= 11 is 0. The van der Waals surface area contributed by atoms with Crippen LogP contribution in [0.25, 0.3) is 0 Å². The van der Waals surface area contributed by atoms with Crippen molar-refractivity contribution in [1.29, 1.82) is 0 Å². The molecule has 1 unspecified atom stereocenters. The predicted octanol–water partition coefficient (Wildman–Crippen LogP) is 5.20. The van der Waals surface area contributed by atoms with Crippen LogP contribution in [-0.2, 0) is 11.2 Å². The van der Waals surface area contributed by atoms with Crippen molar-refractivity contribution in [2.24, 2.45) is 0 Å². The van der Waals surface area contributed by atoms with E-state index in [-0.39, 0.29) is 11.8 Å². The van der Waals surface area contributed by atoms with Gasteiger partial charge in [-0.1, -0.05) is 43.8 Å². The second-order valence-corrected chi connectivity index (χ2v) is 13.1. The van der Waals surface area contributed by atoms with Crippen LogP contribution in [0.2, 0.25) is 19.6 Å². The Labute approximate surface area is 158 Å². The Morgan fingerprint density at radius 2 is 1.81 bits per heavy atom. The highest BCUT2D eigenvalue weighted by Crippen LogP contribution is 2.32. The summed E-state index contributed by atoms with van der Waals surface area (Å²) in [5, 5.41) is 3.61. The topological polar surface area (TPSA) is 29.1 Å². The number of hydrogen-bond acceptors (Lipinski definition) is 2. The molecule has 2 nitrogen and oxygen atoms in total. The zero-order valence-corrected chi connectivity index (χ0v) is 17.4. The van der Waals surface area contributed by atoms with Gasteiger partial charge in [0.2, 0.25) is 0 Å². The van der Waals surface area contributed by atoms with Crippen LogP contribution in [0.3, 0.4) is 0 Å². The molecule has 0 bridgehead atoms. The minimum absolute atomic E-state index is 0.000474. The van der Waals surface area contributed by atoms with E-state index in [1.165, 1.54) is 11.1 Å². The monoisotopic (exact) mass is 361 g/mol. The van der Waals surface area contributed by atoms with E-state index < -0.39 is 8.07 Å². The maximum Gasteiger partial charge on any atom is 0.139 e. The van der Waals surface area contributed by atoms with Gasteiger partial charge in [-0.2, -0.15) is 0 Å². The molecule has 1 aliphatic rings. The third-order valence-corrected chi connectivity index (χ3v) is 5.61. The first-order valence-electron chi connectivity index (χ1n) is 9.23. The molecule has 0 radical (unpaired) electrons. The Bertz CT molecular complexity index is 912. The fraction of sp³-hybridized carbons (Fsp3) is 0.348. The molecule has 0 spiro atoms. The van der Waals surface area contributed by atoms with E-state index in [0.717, 1.165) is 22.4 Å². The highest BCUT2D eigenvalue weighted by atomic mass is 28.3. The molecule has 3 rings (SSSR count). The smallest absolute Gasteiger partial charge is 0.139 e. The Kier molecular flexibility index (Phi) is 5.07. The normalized spacial score (nSPS) is 16.8. The summed E-state index contributed by atoms with van der Waals surface area (Å²) in [4.78, 5) is 12.5. The number of benzene rings is 2. The van der Waals surface area contributed by atoms with Crippen molar-refractivity contribution in [3.05, 3.63) is 64.2 Å². The molecule has 1 N–H and O–H groups in total. The van der Waals surface area contributed by atoms with Gasteiger partial charge in [0.15, 0.2) is 0 Å². The molecule has 0 saturated heterocycles. The number of ketones is 1. The summed E-state index contributed by atoms with van der Waals surface area (Å²) in [7, 11) is -1.41. The lowest BCUT2D eigenvalue weighted by Crippen LogP contribution is -2.16. The van der Waals surface area contributed by atoms with E-state index in [4.69, 9.17) is 0 Å². The first-order valence-corrected chi connectivity index (χ1v) is 12.7. The van der Waals surface area contributed by atoms with Crippen molar-refractivity contribution in [3.63, 3.8) is 0 Å². The predicted molar refractivity (Wildman–Crippen MR) is 112 cm³/mol. The van der Waals surface area contributed by atoms with Crippen molar-refractivity contribution < 1.29 is 4.79 Å². The van der Waals surface area contributed by atoms with Gasteiger partial charge in [0.1, 0.15) is 13.9 Å². The molecule has 0 amide bonds. The summed E-state index contributed by atoms with van der Waals surface area (Å²) in [5.41, 5.74) is 10.3. The lowest BCUT2D eigenvalue weighted by molar-refractivity contribution is -0.118. The second kappa shape index (κ2) is 7.13. The van der Waals surface area contributed by atoms with Gasteiger partial charge in [0, 0.05) is 24.1 Å². The molecule has 2 aromatic carbocycles. The van der Waals surface area contributed by atoms with E-state index in [2.05, 4.69) is 80.6 Å². The molecule has 3 heteroatoms. The number of aryl methyl sites for hydroxylation is 2. The van der Waals surface area contributed by atoms with Gasteiger partial charge in [-0.3, -0.25) is 4.79 Å². The summed E-state index contributed by atoms with van der Waals surface area (Å²) < 4.78 is 0. The first kappa shape index (κ1) is 18.5. The number of anilines is 1. The molecule has 1 heterocycles. The minimum Gasteiger partial charge on any atom is -0.378 e. The van der Waals surface area contributed by atoms with Gasteiger partial charge in [-0.25, -0.2) is 0 Å². The number of hydrogen-bond donors (Lipinski definition) is 1. The Hall–Kier alpha value is -2.31. The second-order valence-electron chi connectivity index (χ2n) is 8.34. The van der Waals surface area contributed by atoms with Gasteiger partial charge < -0.3 is 5.32 Å². The van der Waals surface area contributed by atoms with Crippen LogP contribution in [0.1, 0.15) is 40.3 Å². The molecule has 1 atom stereocenters. The van der Waals surface area contributed by atoms with Gasteiger partial charge in [0.05, 0.1) is 6.04 Å². The van der Waals surface area contributed by atoms with E-state index in [0.29, 0.717) is 12.8 Å². The van der Waals surface area contributed by atoms with Crippen LogP contribution < -0.4 is 5.32 Å². The summed E-state index contributed by atoms with van der Waals surface area (Å²) in [5.74, 6) is 3.61. The lowest BCUT2D eigenvalue weighted by Gasteiger charge is -2.19. The Morgan fingerprint density at radius 1 is 1.08 bits per heavy atom. The maximum absolute atomic E-state index is 12.5. The van der Waals surface area contributed by atoms with Gasteiger partial charge in [-0.15, -0.1) is 5.54 Å². The van der Waals surface area contributed by atoms with E-state index in [1.54, 1.807) is 0 Å². The Balaban J connectivity index is 1.94. The molecule has 0 aliphatic carbocycles. The van der Waals surface area contributed by atoms with Gasteiger partial charge in [0.25, 0.3) is 0 Å². The average molecular weight is 362 g/mol. The fourth-order valence-corrected chi connectivity index (χ4v) is 3.72. The highest BCUT2D eigenvalue weighted by molar-refractivity contribution is 6.83. The molecule has 0 saturated carbocycles. The van der Waals surface area contributed by atoms with Crippen LogP contribution in [-0.4, -0.2) is 13.9 Å². The number of Topliss-reactive ketones (excluding diaryl/α,β-unsaturated/α-hetero) is 1. The zero-order chi connectivity index (χ0) is 18.9. The number of fused-ring (bicyclic) bond motifs is 1. The molecule has 2 aromatic rings. The minimum atomic E-state index is -1.41. The van der Waals surface area contributed by atoms with Crippen molar-refractivity contribution >= 4 is 19.5 Å². The van der Waals surface area contributed by atoms with Crippen LogP contribution in [0.15, 0.2) is 36.4 Å². The quantitative estimate of drug-likeness (QED) is 0.559. The average Bonchev–Trinajstić information content (AvgIpc) is 2.71. The first-order chi connectivity index (χ1) is 12.2. The standard InChI is InChI=1S/C23H27NOSi/c1-16-11-20-14-21(25)15-23(24-22(20)12-17(16)2)19-8-6-7-18(13-19)9-10-26(3,4)5/h6-8,11-13,23-24H,14-15H2,1-5H3. The molecule has 1 aliphatic heterocycles. The third-order valence-electron chi connectivity index (χ3n) is 4.74. The van der Waals surface area contributed by atoms with E-state index >= 15 is 0 Å². The van der Waals surface area contributed by atoms with Crippen LogP contribution in [0, 0.1) is 25.3 Å². The fourth-order valence-electron chi connectivity index (χ4n) is 3.20. The highest BCUT2D eigenvalue weighted by Gasteiger charge is 2.23. The number of carbonyl (C=O) groups excluding carboxylic acids is 1. The lowest BCUT2D eigenvalue weighted by atomic mass is 9.98. The van der Waals surface area contributed by atoms with Crippen LogP contribution in [0.4, 0.5) is 5.69 Å². The van der Waals surface area contributed by atoms with Gasteiger partial charge in [-0.05, 0) is 54.3 Å². The molecular weight excluding hydrogens is 334 g/mol. The third kappa shape index (κ3) is 4.45. The number of nitrogens with one attached hydrogen (secondary N) is 1. The van der Waals surface area contributed by atoms with Crippen molar-refractivity contribution in [2.45, 2.75) is 52.4 Å². The van der Waals surface area contributed by atoms with E-state index in [9.17, 15) is 4.79 Å². The largest absolute Gasteiger partial charge is 0.378 e. The summed E-state index contributed by atoms with van der Waals surface area (Å²) in [6.07, 6.45) is 1.02. The van der Waals surface area contributed by atoms with Crippen LogP contribution in [0.5, 0.6) is 0 Å². The van der Waals surface area contributed by atoms with Crippen molar-refractivity contribution in [1.82, 2.24) is 0 Å². The summed E-state index contributed by atoms with van der Waals surface area (Å²) in [6, 6.07) is 12.6.